The number of anilines is 1. The third kappa shape index (κ3) is 2.31. The molecule has 0 N–H and O–H groups in total. The Kier molecular flexibility index (Phi) is 2.89. The molecule has 3 heteroatoms. The molecule has 0 radical (unpaired) electrons. The van der Waals surface area contributed by atoms with Crippen molar-refractivity contribution in [3.8, 4) is 6.07 Å². The smallest absolute Gasteiger partial charge is 0.152 e. The molecule has 0 amide bonds. The Morgan fingerprint density at radius 2 is 2.18 bits per heavy atom. The molecule has 1 heterocycles. The maximum Gasteiger partial charge on any atom is 0.152 e. The lowest BCUT2D eigenvalue weighted by atomic mass is 9.89. The lowest BCUT2D eigenvalue weighted by Crippen LogP contribution is -2.51. The minimum absolute atomic E-state index is 0.0258. The average molecular weight is 228 g/mol. The number of piperidine rings is 1. The van der Waals surface area contributed by atoms with Crippen LogP contribution in [0.5, 0.6) is 0 Å². The Hall–Kier alpha value is -1.82. The highest BCUT2D eigenvalue weighted by molar-refractivity contribution is 5.85. The van der Waals surface area contributed by atoms with Gasteiger partial charge < -0.3 is 4.90 Å². The lowest BCUT2D eigenvalue weighted by Gasteiger charge is -2.43. The third-order valence-electron chi connectivity index (χ3n) is 3.37. The van der Waals surface area contributed by atoms with Crippen molar-refractivity contribution in [2.75, 3.05) is 11.4 Å². The molecule has 1 fully saturated rings. The van der Waals surface area contributed by atoms with Crippen molar-refractivity contribution in [2.24, 2.45) is 0 Å². The number of nitrogens with zero attached hydrogens (tertiary/aromatic N) is 2. The number of hydrogen-bond acceptors (Lipinski definition) is 3. The van der Waals surface area contributed by atoms with E-state index in [1.165, 1.54) is 0 Å². The zero-order valence-corrected chi connectivity index (χ0v) is 10.2. The second kappa shape index (κ2) is 4.21. The molecule has 0 atom stereocenters. The first kappa shape index (κ1) is 11.7. The van der Waals surface area contributed by atoms with Gasteiger partial charge in [0.2, 0.25) is 0 Å². The van der Waals surface area contributed by atoms with Crippen LogP contribution in [0.25, 0.3) is 0 Å². The molecule has 1 aromatic carbocycles. The fourth-order valence-electron chi connectivity index (χ4n) is 2.23. The van der Waals surface area contributed by atoms with Crippen LogP contribution in [0, 0.1) is 11.3 Å². The number of Topliss-reactive ketones (excluding diaryl/α,β-unsaturated/α-hetero) is 1. The van der Waals surface area contributed by atoms with Crippen LogP contribution in [-0.4, -0.2) is 17.9 Å². The Labute approximate surface area is 102 Å². The topological polar surface area (TPSA) is 44.1 Å². The zero-order valence-electron chi connectivity index (χ0n) is 10.2. The van der Waals surface area contributed by atoms with Crippen molar-refractivity contribution >= 4 is 11.5 Å². The van der Waals surface area contributed by atoms with E-state index in [9.17, 15) is 4.79 Å². The van der Waals surface area contributed by atoms with E-state index in [2.05, 4.69) is 24.8 Å². The summed E-state index contributed by atoms with van der Waals surface area (Å²) in [5.41, 5.74) is 1.57. The first-order valence-corrected chi connectivity index (χ1v) is 5.82. The summed E-state index contributed by atoms with van der Waals surface area (Å²) in [6.07, 6.45) is 1.52. The average Bonchev–Trinajstić information content (AvgIpc) is 2.32. The van der Waals surface area contributed by atoms with Crippen LogP contribution in [-0.2, 0) is 4.79 Å². The number of carbonyl (C=O) groups is 1. The van der Waals surface area contributed by atoms with E-state index in [0.29, 0.717) is 18.5 Å². The lowest BCUT2D eigenvalue weighted by molar-refractivity contribution is -0.119. The molecule has 17 heavy (non-hydrogen) atoms. The van der Waals surface area contributed by atoms with Crippen molar-refractivity contribution in [1.82, 2.24) is 0 Å². The van der Waals surface area contributed by atoms with Crippen molar-refractivity contribution in [1.29, 1.82) is 5.26 Å². The molecule has 0 bridgehead atoms. The molecule has 88 valence electrons. The number of nitriles is 1. The van der Waals surface area contributed by atoms with E-state index < -0.39 is 0 Å². The van der Waals surface area contributed by atoms with E-state index in [1.54, 1.807) is 6.07 Å². The van der Waals surface area contributed by atoms with E-state index in [0.717, 1.165) is 12.1 Å². The summed E-state index contributed by atoms with van der Waals surface area (Å²) in [6, 6.07) is 9.58. The molecule has 0 saturated carbocycles. The number of ketones is 1. The highest BCUT2D eigenvalue weighted by Gasteiger charge is 2.33. The fraction of sp³-hybridized carbons (Fsp3) is 0.429. The van der Waals surface area contributed by atoms with Gasteiger partial charge in [0, 0.05) is 17.6 Å². The third-order valence-corrected chi connectivity index (χ3v) is 3.37. The second-order valence-corrected chi connectivity index (χ2v) is 5.10. The summed E-state index contributed by atoms with van der Waals surface area (Å²) in [5, 5.41) is 8.91. The number of rotatable bonds is 1. The minimum Gasteiger partial charge on any atom is -0.359 e. The molecule has 3 nitrogen and oxygen atoms in total. The monoisotopic (exact) mass is 228 g/mol. The van der Waals surface area contributed by atoms with E-state index >= 15 is 0 Å². The first-order chi connectivity index (χ1) is 8.03. The minimum atomic E-state index is -0.0258. The normalized spacial score (nSPS) is 18.9. The van der Waals surface area contributed by atoms with Gasteiger partial charge in [-0.2, -0.15) is 5.26 Å². The number of carbonyl (C=O) groups excluding carboxylic acids is 1. The van der Waals surface area contributed by atoms with Gasteiger partial charge in [-0.3, -0.25) is 4.79 Å². The largest absolute Gasteiger partial charge is 0.359 e. The SMILES string of the molecule is CC1(C)CCC(=O)CN1c1cccc(C#N)c1. The summed E-state index contributed by atoms with van der Waals surface area (Å²) in [4.78, 5) is 13.7. The van der Waals surface area contributed by atoms with Gasteiger partial charge in [-0.25, -0.2) is 0 Å². The van der Waals surface area contributed by atoms with Gasteiger partial charge in [-0.1, -0.05) is 6.07 Å². The summed E-state index contributed by atoms with van der Waals surface area (Å²) in [7, 11) is 0. The van der Waals surface area contributed by atoms with E-state index in [4.69, 9.17) is 5.26 Å². The van der Waals surface area contributed by atoms with Gasteiger partial charge in [0.25, 0.3) is 0 Å². The zero-order chi connectivity index (χ0) is 12.5. The van der Waals surface area contributed by atoms with Crippen LogP contribution in [0.1, 0.15) is 32.3 Å². The fourth-order valence-corrected chi connectivity index (χ4v) is 2.23. The molecule has 0 spiro atoms. The van der Waals surface area contributed by atoms with Crippen LogP contribution in [0.2, 0.25) is 0 Å². The second-order valence-electron chi connectivity index (χ2n) is 5.10. The Morgan fingerprint density at radius 3 is 2.88 bits per heavy atom. The maximum absolute atomic E-state index is 11.6. The molecular weight excluding hydrogens is 212 g/mol. The molecule has 1 saturated heterocycles. The van der Waals surface area contributed by atoms with Crippen LogP contribution in [0.3, 0.4) is 0 Å². The van der Waals surface area contributed by atoms with Gasteiger partial charge in [0.1, 0.15) is 0 Å². The highest BCUT2D eigenvalue weighted by atomic mass is 16.1. The summed E-state index contributed by atoms with van der Waals surface area (Å²) in [6.45, 7) is 4.72. The summed E-state index contributed by atoms with van der Waals surface area (Å²) >= 11 is 0. The standard InChI is InChI=1S/C14H16N2O/c1-14(2)7-6-13(17)10-16(14)12-5-3-4-11(8-12)9-15/h3-5,8H,6-7,10H2,1-2H3. The molecule has 0 aliphatic carbocycles. The molecule has 1 aromatic rings. The predicted octanol–water partition coefficient (Wildman–Crippen LogP) is 2.51. The number of hydrogen-bond donors (Lipinski definition) is 0. The molecule has 0 aromatic heterocycles. The predicted molar refractivity (Wildman–Crippen MR) is 66.8 cm³/mol. The highest BCUT2D eigenvalue weighted by Crippen LogP contribution is 2.31. The maximum atomic E-state index is 11.6. The van der Waals surface area contributed by atoms with E-state index in [-0.39, 0.29) is 11.3 Å². The van der Waals surface area contributed by atoms with Crippen molar-refractivity contribution < 1.29 is 4.79 Å². The molecule has 1 aliphatic rings. The van der Waals surface area contributed by atoms with Gasteiger partial charge >= 0.3 is 0 Å². The Morgan fingerprint density at radius 1 is 1.41 bits per heavy atom. The molecule has 2 rings (SSSR count). The van der Waals surface area contributed by atoms with Crippen LogP contribution in [0.4, 0.5) is 5.69 Å². The van der Waals surface area contributed by atoms with Crippen molar-refractivity contribution in [2.45, 2.75) is 32.2 Å². The molecule has 0 unspecified atom stereocenters. The molecular formula is C14H16N2O. The van der Waals surface area contributed by atoms with Crippen LogP contribution >= 0.6 is 0 Å². The summed E-state index contributed by atoms with van der Waals surface area (Å²) < 4.78 is 0. The van der Waals surface area contributed by atoms with Crippen molar-refractivity contribution in [3.05, 3.63) is 29.8 Å². The Balaban J connectivity index is 2.36. The molecule has 1 aliphatic heterocycles. The van der Waals surface area contributed by atoms with Gasteiger partial charge in [0.15, 0.2) is 5.78 Å². The summed E-state index contributed by atoms with van der Waals surface area (Å²) in [5.74, 6) is 0.270. The number of benzene rings is 1. The van der Waals surface area contributed by atoms with E-state index in [1.807, 2.05) is 18.2 Å². The van der Waals surface area contributed by atoms with Gasteiger partial charge in [0.05, 0.1) is 18.2 Å². The quantitative estimate of drug-likeness (QED) is 0.741. The van der Waals surface area contributed by atoms with Gasteiger partial charge in [-0.15, -0.1) is 0 Å². The Bertz CT molecular complexity index is 485. The first-order valence-electron chi connectivity index (χ1n) is 5.82. The van der Waals surface area contributed by atoms with Crippen molar-refractivity contribution in [3.63, 3.8) is 0 Å². The van der Waals surface area contributed by atoms with Crippen LogP contribution in [0.15, 0.2) is 24.3 Å². The van der Waals surface area contributed by atoms with Crippen LogP contribution < -0.4 is 4.90 Å². The van der Waals surface area contributed by atoms with Gasteiger partial charge in [-0.05, 0) is 38.5 Å².